The van der Waals surface area contributed by atoms with Gasteiger partial charge in [-0.15, -0.1) is 5.10 Å². The van der Waals surface area contributed by atoms with Crippen LogP contribution in [0, 0.1) is 5.82 Å². The van der Waals surface area contributed by atoms with Gasteiger partial charge in [0.25, 0.3) is 0 Å². The molecule has 1 aliphatic heterocycles. The minimum Gasteiger partial charge on any atom is -0.381 e. The van der Waals surface area contributed by atoms with E-state index in [0.717, 1.165) is 11.1 Å². The molecule has 25 heavy (non-hydrogen) atoms. The molecule has 0 unspecified atom stereocenters. The van der Waals surface area contributed by atoms with E-state index in [1.165, 1.54) is 12.1 Å². The van der Waals surface area contributed by atoms with Gasteiger partial charge in [0.15, 0.2) is 0 Å². The van der Waals surface area contributed by atoms with Crippen LogP contribution in [0.4, 0.5) is 10.1 Å². The van der Waals surface area contributed by atoms with E-state index < -0.39 is 5.60 Å². The highest BCUT2D eigenvalue weighted by Crippen LogP contribution is 2.36. The molecule has 1 aromatic carbocycles. The molecule has 7 heteroatoms. The van der Waals surface area contributed by atoms with Gasteiger partial charge in [0.2, 0.25) is 0 Å². The largest absolute Gasteiger partial charge is 0.381 e. The van der Waals surface area contributed by atoms with Crippen molar-refractivity contribution in [2.24, 2.45) is 0 Å². The van der Waals surface area contributed by atoms with E-state index in [4.69, 9.17) is 0 Å². The zero-order chi connectivity index (χ0) is 17.6. The van der Waals surface area contributed by atoms with Gasteiger partial charge in [-0.1, -0.05) is 5.21 Å². The van der Waals surface area contributed by atoms with Crippen LogP contribution in [0.3, 0.4) is 0 Å². The first-order chi connectivity index (χ1) is 12.0. The van der Waals surface area contributed by atoms with Crippen molar-refractivity contribution in [3.63, 3.8) is 0 Å². The summed E-state index contributed by atoms with van der Waals surface area (Å²) >= 11 is 0. The summed E-state index contributed by atoms with van der Waals surface area (Å²) in [6.45, 7) is 5.14. The molecule has 130 valence electrons. The molecule has 3 aromatic rings. The highest BCUT2D eigenvalue weighted by molar-refractivity contribution is 5.91. The Morgan fingerprint density at radius 2 is 2.12 bits per heavy atom. The molecule has 1 fully saturated rings. The number of anilines is 1. The maximum Gasteiger partial charge on any atom is 0.129 e. The quantitative estimate of drug-likeness (QED) is 0.793. The molecule has 0 spiro atoms. The van der Waals surface area contributed by atoms with E-state index in [-0.39, 0.29) is 11.9 Å². The predicted molar refractivity (Wildman–Crippen MR) is 92.8 cm³/mol. The Morgan fingerprint density at radius 3 is 2.88 bits per heavy atom. The molecule has 1 aliphatic rings. The van der Waals surface area contributed by atoms with Gasteiger partial charge in [-0.3, -0.25) is 4.98 Å². The van der Waals surface area contributed by atoms with Crippen LogP contribution in [0.15, 0.2) is 36.7 Å². The van der Waals surface area contributed by atoms with Crippen molar-refractivity contribution in [3.05, 3.63) is 48.2 Å². The highest BCUT2D eigenvalue weighted by atomic mass is 19.1. The van der Waals surface area contributed by atoms with Crippen LogP contribution >= 0.6 is 0 Å². The van der Waals surface area contributed by atoms with Crippen molar-refractivity contribution in [1.29, 1.82) is 0 Å². The van der Waals surface area contributed by atoms with Crippen LogP contribution < -0.4 is 4.90 Å². The molecular weight excluding hydrogens is 321 g/mol. The van der Waals surface area contributed by atoms with E-state index >= 15 is 0 Å². The highest BCUT2D eigenvalue weighted by Gasteiger charge is 2.40. The Labute approximate surface area is 144 Å². The van der Waals surface area contributed by atoms with Gasteiger partial charge >= 0.3 is 0 Å². The summed E-state index contributed by atoms with van der Waals surface area (Å²) in [7, 11) is 0. The average Bonchev–Trinajstić information content (AvgIpc) is 3.22. The lowest BCUT2D eigenvalue weighted by molar-refractivity contribution is 0.0559. The van der Waals surface area contributed by atoms with E-state index in [2.05, 4.69) is 20.2 Å². The number of benzene rings is 1. The molecular formula is C18H20FN5O. The van der Waals surface area contributed by atoms with Gasteiger partial charge in [-0.05, 0) is 32.0 Å². The fourth-order valence-electron chi connectivity index (χ4n) is 3.33. The number of aliphatic hydroxyl groups is 1. The zero-order valence-corrected chi connectivity index (χ0v) is 14.2. The first-order valence-electron chi connectivity index (χ1n) is 8.40. The summed E-state index contributed by atoms with van der Waals surface area (Å²) in [5, 5.41) is 20.2. The first-order valence-corrected chi connectivity index (χ1v) is 8.40. The van der Waals surface area contributed by atoms with Crippen molar-refractivity contribution in [2.75, 3.05) is 18.0 Å². The van der Waals surface area contributed by atoms with Crippen LogP contribution in [-0.2, 0) is 5.60 Å². The van der Waals surface area contributed by atoms with Gasteiger partial charge in [-0.25, -0.2) is 9.07 Å². The van der Waals surface area contributed by atoms with Crippen LogP contribution in [0.5, 0.6) is 0 Å². The zero-order valence-electron chi connectivity index (χ0n) is 14.2. The van der Waals surface area contributed by atoms with Crippen molar-refractivity contribution in [3.8, 4) is 0 Å². The van der Waals surface area contributed by atoms with Crippen LogP contribution in [0.1, 0.15) is 32.0 Å². The number of hydrogen-bond donors (Lipinski definition) is 1. The monoisotopic (exact) mass is 341 g/mol. The van der Waals surface area contributed by atoms with Crippen molar-refractivity contribution >= 4 is 16.6 Å². The predicted octanol–water partition coefficient (Wildman–Crippen LogP) is 2.64. The Kier molecular flexibility index (Phi) is 3.68. The molecule has 3 heterocycles. The average molecular weight is 341 g/mol. The number of fused-ring (bicyclic) bond motifs is 1. The number of aromatic nitrogens is 4. The topological polar surface area (TPSA) is 67.1 Å². The van der Waals surface area contributed by atoms with Gasteiger partial charge < -0.3 is 10.0 Å². The SMILES string of the molecule is CC(C)n1cc([C@@]2(O)CCN(c3ccnc4cc(F)ccc34)C2)nn1. The summed E-state index contributed by atoms with van der Waals surface area (Å²) in [5.41, 5.74) is 1.10. The number of hydrogen-bond acceptors (Lipinski definition) is 5. The van der Waals surface area contributed by atoms with Crippen LogP contribution in [0.25, 0.3) is 10.9 Å². The summed E-state index contributed by atoms with van der Waals surface area (Å²) in [5.74, 6) is -0.305. The Hall–Kier alpha value is -2.54. The van der Waals surface area contributed by atoms with Gasteiger partial charge in [0, 0.05) is 42.3 Å². The standard InChI is InChI=1S/C18H20FN5O/c1-12(2)24-10-17(21-22-24)18(25)6-8-23(11-18)16-5-7-20-15-9-13(19)3-4-14(15)16/h3-5,7,9-10,12,25H,6,8,11H2,1-2H3/t18-/m1/s1. The Bertz CT molecular complexity index is 925. The third-order valence-corrected chi connectivity index (χ3v) is 4.79. The fraction of sp³-hybridized carbons (Fsp3) is 0.389. The number of pyridine rings is 1. The third-order valence-electron chi connectivity index (χ3n) is 4.79. The summed E-state index contributed by atoms with van der Waals surface area (Å²) < 4.78 is 15.2. The lowest BCUT2D eigenvalue weighted by Gasteiger charge is -2.23. The molecule has 0 aliphatic carbocycles. The molecule has 0 bridgehead atoms. The molecule has 1 N–H and O–H groups in total. The van der Waals surface area contributed by atoms with E-state index in [1.807, 2.05) is 26.1 Å². The van der Waals surface area contributed by atoms with E-state index in [9.17, 15) is 9.50 Å². The molecule has 6 nitrogen and oxygen atoms in total. The van der Waals surface area contributed by atoms with Crippen molar-refractivity contribution in [1.82, 2.24) is 20.0 Å². The minimum absolute atomic E-state index is 0.196. The van der Waals surface area contributed by atoms with Crippen LogP contribution in [0.2, 0.25) is 0 Å². The normalized spacial score (nSPS) is 20.8. The molecule has 2 aromatic heterocycles. The van der Waals surface area contributed by atoms with Crippen LogP contribution in [-0.4, -0.2) is 38.2 Å². The summed E-state index contributed by atoms with van der Waals surface area (Å²) in [4.78, 5) is 6.33. The second-order valence-corrected chi connectivity index (χ2v) is 6.87. The smallest absolute Gasteiger partial charge is 0.129 e. The summed E-state index contributed by atoms with van der Waals surface area (Å²) in [6, 6.07) is 6.69. The van der Waals surface area contributed by atoms with E-state index in [0.29, 0.717) is 30.7 Å². The summed E-state index contributed by atoms with van der Waals surface area (Å²) in [6.07, 6.45) is 4.05. The molecule has 1 saturated heterocycles. The maximum absolute atomic E-state index is 13.4. The number of rotatable bonds is 3. The van der Waals surface area contributed by atoms with Gasteiger partial charge in [0.05, 0.1) is 18.3 Å². The van der Waals surface area contributed by atoms with Crippen molar-refractivity contribution < 1.29 is 9.50 Å². The number of nitrogens with zero attached hydrogens (tertiary/aromatic N) is 5. The molecule has 0 saturated carbocycles. The Balaban J connectivity index is 1.66. The van der Waals surface area contributed by atoms with Gasteiger partial charge in [-0.2, -0.15) is 0 Å². The number of halogens is 1. The molecule has 4 rings (SSSR count). The van der Waals surface area contributed by atoms with Crippen molar-refractivity contribution in [2.45, 2.75) is 31.9 Å². The lowest BCUT2D eigenvalue weighted by Crippen LogP contribution is -2.31. The van der Waals surface area contributed by atoms with Gasteiger partial charge in [0.1, 0.15) is 17.1 Å². The molecule has 0 radical (unpaired) electrons. The first kappa shape index (κ1) is 16.0. The third kappa shape index (κ3) is 2.74. The second kappa shape index (κ2) is 5.77. The maximum atomic E-state index is 13.4. The minimum atomic E-state index is -1.04. The Morgan fingerprint density at radius 1 is 1.28 bits per heavy atom. The second-order valence-electron chi connectivity index (χ2n) is 6.87. The molecule has 0 amide bonds. The van der Waals surface area contributed by atoms with E-state index in [1.54, 1.807) is 16.9 Å². The number of β-amino-alcohol motifs (C(OH)–C–C–N with tert-alkyl or cyclic N) is 1. The lowest BCUT2D eigenvalue weighted by atomic mass is 10.00. The molecule has 1 atom stereocenters. The fourth-order valence-corrected chi connectivity index (χ4v) is 3.33.